The summed E-state index contributed by atoms with van der Waals surface area (Å²) < 4.78 is 8.11. The lowest BCUT2D eigenvalue weighted by Crippen LogP contribution is -2.30. The second kappa shape index (κ2) is 4.92. The number of nitrogens with zero attached hydrogens (tertiary/aromatic N) is 3. The summed E-state index contributed by atoms with van der Waals surface area (Å²) in [6, 6.07) is 14.2. The first-order chi connectivity index (χ1) is 11.2. The lowest BCUT2D eigenvalue weighted by Gasteiger charge is -2.04. The second-order valence-electron chi connectivity index (χ2n) is 5.62. The number of nitriles is 1. The summed E-state index contributed by atoms with van der Waals surface area (Å²) in [6.07, 6.45) is 3.56. The summed E-state index contributed by atoms with van der Waals surface area (Å²) in [7, 11) is 2.02. The number of aryl methyl sites for hydroxylation is 2. The number of fused-ring (bicyclic) bond motifs is 3. The molecule has 0 fully saturated rings. The molecule has 0 aliphatic rings. The number of hydrogen-bond acceptors (Lipinski definition) is 3. The van der Waals surface area contributed by atoms with Crippen molar-refractivity contribution in [3.8, 4) is 17.3 Å². The lowest BCUT2D eigenvalue weighted by atomic mass is 10.0. The topological polar surface area (TPSA) is 53.7 Å². The van der Waals surface area contributed by atoms with Gasteiger partial charge in [-0.05, 0) is 24.6 Å². The van der Waals surface area contributed by atoms with Crippen LogP contribution in [0, 0.1) is 18.3 Å². The van der Waals surface area contributed by atoms with Gasteiger partial charge in [-0.2, -0.15) is 5.26 Å². The Morgan fingerprint density at radius 2 is 2.04 bits per heavy atom. The molecular weight excluding hydrogens is 286 g/mol. The second-order valence-corrected chi connectivity index (χ2v) is 5.62. The van der Waals surface area contributed by atoms with Crippen molar-refractivity contribution < 1.29 is 8.98 Å². The number of pyridine rings is 2. The third kappa shape index (κ3) is 1.98. The van der Waals surface area contributed by atoms with Gasteiger partial charge in [0.25, 0.3) is 0 Å². The van der Waals surface area contributed by atoms with Crippen LogP contribution in [0.5, 0.6) is 0 Å². The molecule has 0 radical (unpaired) electrons. The van der Waals surface area contributed by atoms with Crippen molar-refractivity contribution in [2.75, 3.05) is 0 Å². The molecule has 3 heterocycles. The van der Waals surface area contributed by atoms with E-state index in [9.17, 15) is 0 Å². The van der Waals surface area contributed by atoms with Gasteiger partial charge in [-0.25, -0.2) is 9.55 Å². The number of furan rings is 1. The van der Waals surface area contributed by atoms with Crippen LogP contribution >= 0.6 is 0 Å². The van der Waals surface area contributed by atoms with Gasteiger partial charge in [0.1, 0.15) is 13.1 Å². The Hall–Kier alpha value is -3.19. The van der Waals surface area contributed by atoms with E-state index in [0.29, 0.717) is 11.3 Å². The third-order valence-electron chi connectivity index (χ3n) is 4.15. The summed E-state index contributed by atoms with van der Waals surface area (Å²) in [5, 5.41) is 11.0. The molecule has 23 heavy (non-hydrogen) atoms. The van der Waals surface area contributed by atoms with Crippen molar-refractivity contribution in [1.29, 1.82) is 5.26 Å². The summed E-state index contributed by atoms with van der Waals surface area (Å²) in [6.45, 7) is 2.07. The molecule has 1 aromatic carbocycles. The fraction of sp³-hybridized carbons (Fsp3) is 0.105. The Balaban J connectivity index is 2.15. The Bertz CT molecular complexity index is 1100. The molecule has 4 nitrogen and oxygen atoms in total. The van der Waals surface area contributed by atoms with E-state index in [-0.39, 0.29) is 0 Å². The molecule has 0 bridgehead atoms. The first-order valence-corrected chi connectivity index (χ1v) is 7.36. The Labute approximate surface area is 133 Å². The Morgan fingerprint density at radius 3 is 2.83 bits per heavy atom. The predicted molar refractivity (Wildman–Crippen MR) is 87.6 cm³/mol. The van der Waals surface area contributed by atoms with Gasteiger partial charge in [0.15, 0.2) is 11.8 Å². The molecule has 0 unspecified atom stereocenters. The Morgan fingerprint density at radius 1 is 1.17 bits per heavy atom. The van der Waals surface area contributed by atoms with Gasteiger partial charge in [-0.15, -0.1) is 0 Å². The highest BCUT2D eigenvalue weighted by Gasteiger charge is 2.20. The third-order valence-corrected chi connectivity index (χ3v) is 4.15. The first-order valence-electron chi connectivity index (χ1n) is 7.36. The zero-order valence-electron chi connectivity index (χ0n) is 12.9. The number of aromatic nitrogens is 2. The molecule has 0 N–H and O–H groups in total. The van der Waals surface area contributed by atoms with Gasteiger partial charge in [0, 0.05) is 29.1 Å². The highest BCUT2D eigenvalue weighted by molar-refractivity contribution is 6.08. The zero-order chi connectivity index (χ0) is 16.0. The van der Waals surface area contributed by atoms with Gasteiger partial charge in [0.05, 0.1) is 11.1 Å². The van der Waals surface area contributed by atoms with E-state index in [1.165, 1.54) is 0 Å². The van der Waals surface area contributed by atoms with E-state index in [0.717, 1.165) is 33.2 Å². The minimum Gasteiger partial charge on any atom is -0.437 e. The van der Waals surface area contributed by atoms with E-state index < -0.39 is 0 Å². The molecule has 0 amide bonds. The van der Waals surface area contributed by atoms with Crippen molar-refractivity contribution in [1.82, 2.24) is 4.98 Å². The minimum absolute atomic E-state index is 0.535. The number of rotatable bonds is 1. The smallest absolute Gasteiger partial charge is 0.227 e. The van der Waals surface area contributed by atoms with Gasteiger partial charge in [-0.3, -0.25) is 0 Å². The SMILES string of the molecule is Cc1ccc2c(oc3ncc(C#N)cc32)c1-c1cccc[n+]1C. The van der Waals surface area contributed by atoms with Crippen molar-refractivity contribution in [2.45, 2.75) is 6.92 Å². The van der Waals surface area contributed by atoms with Gasteiger partial charge >= 0.3 is 0 Å². The number of hydrogen-bond donors (Lipinski definition) is 0. The van der Waals surface area contributed by atoms with Crippen LogP contribution in [0.3, 0.4) is 0 Å². The summed E-state index contributed by atoms with van der Waals surface area (Å²) in [4.78, 5) is 4.28. The largest absolute Gasteiger partial charge is 0.437 e. The molecule has 0 saturated heterocycles. The lowest BCUT2D eigenvalue weighted by molar-refractivity contribution is -0.660. The summed E-state index contributed by atoms with van der Waals surface area (Å²) >= 11 is 0. The molecule has 0 spiro atoms. The van der Waals surface area contributed by atoms with Gasteiger partial charge < -0.3 is 4.42 Å². The minimum atomic E-state index is 0.535. The van der Waals surface area contributed by atoms with Crippen LogP contribution < -0.4 is 4.57 Å². The highest BCUT2D eigenvalue weighted by Crippen LogP contribution is 2.36. The maximum Gasteiger partial charge on any atom is 0.227 e. The molecule has 4 aromatic rings. The summed E-state index contributed by atoms with van der Waals surface area (Å²) in [5.41, 5.74) is 5.18. The quantitative estimate of drug-likeness (QED) is 0.504. The molecule has 0 saturated carbocycles. The number of benzene rings is 1. The fourth-order valence-electron chi connectivity index (χ4n) is 2.98. The molecule has 0 atom stereocenters. The van der Waals surface area contributed by atoms with E-state index in [2.05, 4.69) is 34.7 Å². The van der Waals surface area contributed by atoms with Crippen LogP contribution in [-0.2, 0) is 7.05 Å². The highest BCUT2D eigenvalue weighted by atomic mass is 16.3. The van der Waals surface area contributed by atoms with Crippen LogP contribution in [0.25, 0.3) is 33.3 Å². The maximum atomic E-state index is 9.10. The van der Waals surface area contributed by atoms with E-state index in [1.54, 1.807) is 6.20 Å². The zero-order valence-corrected chi connectivity index (χ0v) is 12.9. The van der Waals surface area contributed by atoms with E-state index >= 15 is 0 Å². The van der Waals surface area contributed by atoms with Crippen molar-refractivity contribution in [3.63, 3.8) is 0 Å². The Kier molecular flexibility index (Phi) is 2.88. The van der Waals surface area contributed by atoms with E-state index in [4.69, 9.17) is 9.68 Å². The molecule has 4 heteroatoms. The average molecular weight is 300 g/mol. The molecule has 3 aromatic heterocycles. The molecule has 110 valence electrons. The monoisotopic (exact) mass is 300 g/mol. The molecule has 0 aliphatic carbocycles. The van der Waals surface area contributed by atoms with Crippen LogP contribution in [0.2, 0.25) is 0 Å². The summed E-state index contributed by atoms with van der Waals surface area (Å²) in [5.74, 6) is 0. The molecule has 4 rings (SSSR count). The molecular formula is C19H14N3O+. The van der Waals surface area contributed by atoms with Crippen molar-refractivity contribution in [3.05, 3.63) is 59.9 Å². The fourth-order valence-corrected chi connectivity index (χ4v) is 2.98. The first kappa shape index (κ1) is 13.5. The van der Waals surface area contributed by atoms with Crippen molar-refractivity contribution >= 4 is 22.1 Å². The van der Waals surface area contributed by atoms with Crippen LogP contribution in [-0.4, -0.2) is 4.98 Å². The van der Waals surface area contributed by atoms with Gasteiger partial charge in [0.2, 0.25) is 11.4 Å². The molecule has 0 aliphatic heterocycles. The normalized spacial score (nSPS) is 11.0. The van der Waals surface area contributed by atoms with E-state index in [1.807, 2.05) is 37.5 Å². The van der Waals surface area contributed by atoms with Crippen molar-refractivity contribution in [2.24, 2.45) is 7.05 Å². The average Bonchev–Trinajstić information content (AvgIpc) is 2.93. The van der Waals surface area contributed by atoms with Crippen LogP contribution in [0.4, 0.5) is 0 Å². The van der Waals surface area contributed by atoms with Crippen LogP contribution in [0.15, 0.2) is 53.2 Å². The predicted octanol–water partition coefficient (Wildman–Crippen LogP) is 3.65. The van der Waals surface area contributed by atoms with Crippen LogP contribution in [0.1, 0.15) is 11.1 Å². The maximum absolute atomic E-state index is 9.10. The standard InChI is InChI=1S/C19H14N3O/c1-12-6-7-14-15-9-13(10-20)11-21-19(15)23-18(14)17(12)16-5-3-4-8-22(16)2/h3-9,11H,1-2H3/q+1. The van der Waals surface area contributed by atoms with Gasteiger partial charge in [-0.1, -0.05) is 12.1 Å².